The first-order valence-corrected chi connectivity index (χ1v) is 19.0. The van der Waals surface area contributed by atoms with E-state index in [4.69, 9.17) is 10.8 Å². The molecule has 1 aromatic rings. The van der Waals surface area contributed by atoms with Crippen LogP contribution in [0.2, 0.25) is 0 Å². The van der Waals surface area contributed by atoms with Crippen molar-refractivity contribution in [2.45, 2.75) is 109 Å². The van der Waals surface area contributed by atoms with Crippen LogP contribution >= 0.6 is 0 Å². The zero-order chi connectivity index (χ0) is 36.9. The summed E-state index contributed by atoms with van der Waals surface area (Å²) in [6, 6.07) is -0.101. The van der Waals surface area contributed by atoms with E-state index in [1.165, 1.54) is 11.0 Å². The molecule has 4 N–H and O–H groups in total. The largest absolute Gasteiger partial charge is 0.468 e. The van der Waals surface area contributed by atoms with E-state index in [0.29, 0.717) is 25.1 Å². The SMILES string of the molecule is C#CCCC(NC(=O)[C@@H]1[C@@H]2[C@H](CN1C(=O)[C@@H](NC(=O)NC1(CS(=O)Cc3ccco3)CCCCC1)C(C)(C)C)C2(C)C)C(=O)C(=O)NCC=C. The normalized spacial score (nSPS) is 23.6. The minimum absolute atomic E-state index is 0.0436. The first-order valence-electron chi connectivity index (χ1n) is 17.5. The van der Waals surface area contributed by atoms with Crippen molar-refractivity contribution < 1.29 is 32.6 Å². The zero-order valence-electron chi connectivity index (χ0n) is 30.0. The topological polar surface area (TPSA) is 167 Å². The third kappa shape index (κ3) is 9.05. The summed E-state index contributed by atoms with van der Waals surface area (Å²) in [6.45, 7) is 13.5. The van der Waals surface area contributed by atoms with Crippen LogP contribution in [0.3, 0.4) is 0 Å². The number of rotatable bonds is 15. The fourth-order valence-corrected chi connectivity index (χ4v) is 9.21. The van der Waals surface area contributed by atoms with Crippen LogP contribution in [0.5, 0.6) is 0 Å². The molecule has 3 fully saturated rings. The summed E-state index contributed by atoms with van der Waals surface area (Å²) in [5, 5.41) is 11.2. The number of Topliss-reactive ketones (excluding diaryl/α,β-unsaturated/α-hetero) is 1. The number of ketones is 1. The summed E-state index contributed by atoms with van der Waals surface area (Å²) >= 11 is 0. The highest BCUT2D eigenvalue weighted by molar-refractivity contribution is 7.84. The summed E-state index contributed by atoms with van der Waals surface area (Å²) in [7, 11) is -1.30. The van der Waals surface area contributed by atoms with Crippen molar-refractivity contribution in [3.63, 3.8) is 0 Å². The van der Waals surface area contributed by atoms with Gasteiger partial charge in [0, 0.05) is 36.1 Å². The van der Waals surface area contributed by atoms with Gasteiger partial charge in [0.05, 0.1) is 23.6 Å². The van der Waals surface area contributed by atoms with Crippen molar-refractivity contribution in [3.8, 4) is 12.3 Å². The Labute approximate surface area is 298 Å². The van der Waals surface area contributed by atoms with E-state index in [0.717, 1.165) is 19.3 Å². The van der Waals surface area contributed by atoms with Gasteiger partial charge < -0.3 is 30.6 Å². The van der Waals surface area contributed by atoms with Gasteiger partial charge in [-0.2, -0.15) is 0 Å². The lowest BCUT2D eigenvalue weighted by Gasteiger charge is -2.40. The zero-order valence-corrected chi connectivity index (χ0v) is 30.8. The number of carbonyl (C=O) groups is 5. The third-order valence-corrected chi connectivity index (χ3v) is 12.0. The standard InChI is InChI=1S/C37H53N5O7S/c1-8-10-16-26(29(43)32(45)38-19-9-2)39-31(44)28-27-25(36(27,6)7)21-42(28)33(46)30(35(3,4)5)40-34(47)41-37(17-12-11-13-18-37)23-50(48)22-24-15-14-20-49-24/h1,9,14-15,20,25-28,30H,2,10-13,16-19,21-23H2,3-7H3,(H,38,45)(H,39,44)(H2,40,41,47)/t25-,26?,27-,28-,30+,50?/m0/s1. The van der Waals surface area contributed by atoms with Gasteiger partial charge in [0.25, 0.3) is 5.91 Å². The van der Waals surface area contributed by atoms with E-state index in [1.54, 1.807) is 18.4 Å². The van der Waals surface area contributed by atoms with Gasteiger partial charge in [0.15, 0.2) is 0 Å². The maximum atomic E-state index is 14.4. The van der Waals surface area contributed by atoms with Gasteiger partial charge >= 0.3 is 6.03 Å². The molecule has 2 unspecified atom stereocenters. The molecule has 3 aliphatic rings. The Balaban J connectivity index is 1.52. The van der Waals surface area contributed by atoms with E-state index in [1.807, 2.05) is 34.6 Å². The Kier molecular flexibility index (Phi) is 12.4. The second-order valence-electron chi connectivity index (χ2n) is 15.6. The molecule has 1 aromatic heterocycles. The molecule has 6 atom stereocenters. The second kappa shape index (κ2) is 16.0. The number of nitrogens with one attached hydrogen (secondary N) is 4. The minimum atomic E-state index is -1.30. The average molecular weight is 712 g/mol. The van der Waals surface area contributed by atoms with Crippen molar-refractivity contribution in [1.82, 2.24) is 26.2 Å². The number of likely N-dealkylation sites (tertiary alicyclic amines) is 1. The van der Waals surface area contributed by atoms with Crippen molar-refractivity contribution in [3.05, 3.63) is 36.8 Å². The Hall–Kier alpha value is -3.92. The van der Waals surface area contributed by atoms with Crippen LogP contribution in [-0.2, 0) is 35.7 Å². The van der Waals surface area contributed by atoms with Crippen molar-refractivity contribution >= 4 is 40.3 Å². The van der Waals surface area contributed by atoms with Gasteiger partial charge in [-0.3, -0.25) is 23.4 Å². The van der Waals surface area contributed by atoms with Crippen molar-refractivity contribution in [1.29, 1.82) is 0 Å². The minimum Gasteiger partial charge on any atom is -0.468 e. The Morgan fingerprint density at radius 2 is 1.86 bits per heavy atom. The number of amides is 5. The van der Waals surface area contributed by atoms with Crippen molar-refractivity contribution in [2.75, 3.05) is 18.8 Å². The Bertz CT molecular complexity index is 1500. The number of piperidine rings is 1. The summed E-state index contributed by atoms with van der Waals surface area (Å²) in [6.07, 6.45) is 12.7. The molecule has 1 saturated heterocycles. The highest BCUT2D eigenvalue weighted by Crippen LogP contribution is 2.65. The lowest BCUT2D eigenvalue weighted by atomic mass is 9.83. The summed E-state index contributed by atoms with van der Waals surface area (Å²) in [4.78, 5) is 69.3. The molecule has 2 aliphatic carbocycles. The molecule has 13 heteroatoms. The average Bonchev–Trinajstić information content (AvgIpc) is 3.46. The van der Waals surface area contributed by atoms with E-state index in [9.17, 15) is 28.2 Å². The first kappa shape index (κ1) is 38.9. The number of urea groups is 1. The Morgan fingerprint density at radius 1 is 1.16 bits per heavy atom. The molecule has 5 amide bonds. The molecular formula is C37H53N5O7S. The Morgan fingerprint density at radius 3 is 2.46 bits per heavy atom. The fourth-order valence-electron chi connectivity index (χ4n) is 7.65. The predicted octanol–water partition coefficient (Wildman–Crippen LogP) is 3.20. The predicted molar refractivity (Wildman–Crippen MR) is 191 cm³/mol. The van der Waals surface area contributed by atoms with Crippen LogP contribution in [-0.4, -0.2) is 81.2 Å². The molecule has 0 spiro atoms. The van der Waals surface area contributed by atoms with Crippen LogP contribution in [0, 0.1) is 35.0 Å². The van der Waals surface area contributed by atoms with Gasteiger partial charge in [-0.1, -0.05) is 60.0 Å². The van der Waals surface area contributed by atoms with E-state index < -0.39 is 69.4 Å². The number of hydrogen-bond acceptors (Lipinski definition) is 7. The molecule has 0 aromatic carbocycles. The van der Waals surface area contributed by atoms with Crippen LogP contribution in [0.1, 0.15) is 85.3 Å². The molecule has 12 nitrogen and oxygen atoms in total. The quantitative estimate of drug-likeness (QED) is 0.123. The maximum Gasteiger partial charge on any atom is 0.315 e. The molecule has 274 valence electrons. The van der Waals surface area contributed by atoms with E-state index in [2.05, 4.69) is 33.8 Å². The van der Waals surface area contributed by atoms with Crippen LogP contribution in [0.25, 0.3) is 0 Å². The number of terminal acetylenes is 1. The number of carbonyl (C=O) groups excluding carboxylic acids is 5. The van der Waals surface area contributed by atoms with Crippen molar-refractivity contribution in [2.24, 2.45) is 22.7 Å². The molecule has 1 aliphatic heterocycles. The third-order valence-electron chi connectivity index (χ3n) is 10.5. The summed E-state index contributed by atoms with van der Waals surface area (Å²) in [5.41, 5.74) is -1.67. The molecule has 0 bridgehead atoms. The fraction of sp³-hybridized carbons (Fsp3) is 0.649. The number of furan rings is 1. The molecule has 2 heterocycles. The van der Waals surface area contributed by atoms with E-state index >= 15 is 0 Å². The number of hydrogen-bond donors (Lipinski definition) is 4. The summed E-state index contributed by atoms with van der Waals surface area (Å²) < 4.78 is 18.6. The first-order chi connectivity index (χ1) is 23.5. The lowest BCUT2D eigenvalue weighted by Crippen LogP contribution is -2.63. The van der Waals surface area contributed by atoms with Gasteiger partial charge in [-0.05, 0) is 54.1 Å². The van der Waals surface area contributed by atoms with Gasteiger partial charge in [0.2, 0.25) is 17.6 Å². The molecular weight excluding hydrogens is 659 g/mol. The van der Waals surface area contributed by atoms with Gasteiger partial charge in [-0.25, -0.2) is 4.79 Å². The number of fused-ring (bicyclic) bond motifs is 1. The maximum absolute atomic E-state index is 14.4. The molecule has 4 rings (SSSR count). The van der Waals surface area contributed by atoms with Crippen LogP contribution < -0.4 is 21.3 Å². The highest BCUT2D eigenvalue weighted by atomic mass is 32.2. The second-order valence-corrected chi connectivity index (χ2v) is 17.1. The smallest absolute Gasteiger partial charge is 0.315 e. The monoisotopic (exact) mass is 711 g/mol. The lowest BCUT2D eigenvalue weighted by molar-refractivity contribution is -0.145. The van der Waals surface area contributed by atoms with Crippen LogP contribution in [0.15, 0.2) is 35.5 Å². The van der Waals surface area contributed by atoms with E-state index in [-0.39, 0.29) is 48.1 Å². The highest BCUT2D eigenvalue weighted by Gasteiger charge is 2.70. The molecule has 2 saturated carbocycles. The van der Waals surface area contributed by atoms with Gasteiger partial charge in [-0.15, -0.1) is 18.9 Å². The van der Waals surface area contributed by atoms with Crippen LogP contribution in [0.4, 0.5) is 4.79 Å². The molecule has 0 radical (unpaired) electrons. The number of nitrogens with zero attached hydrogens (tertiary/aromatic N) is 1. The molecule has 50 heavy (non-hydrogen) atoms. The van der Waals surface area contributed by atoms with Gasteiger partial charge in [0.1, 0.15) is 17.8 Å². The summed E-state index contributed by atoms with van der Waals surface area (Å²) in [5.74, 6) is 0.798.